The zero-order valence-corrected chi connectivity index (χ0v) is 17.1. The number of fused-ring (bicyclic) bond motifs is 1. The minimum Gasteiger partial charge on any atom is -0.323 e. The number of benzene rings is 2. The van der Waals surface area contributed by atoms with Gasteiger partial charge in [-0.15, -0.1) is 11.8 Å². The number of rotatable bonds is 6. The number of aryl methyl sites for hydroxylation is 1. The van der Waals surface area contributed by atoms with Gasteiger partial charge in [0.2, 0.25) is 5.91 Å². The Labute approximate surface area is 175 Å². The molecule has 0 fully saturated rings. The third-order valence-electron chi connectivity index (χ3n) is 4.41. The number of carbonyl (C=O) groups is 1. The van der Waals surface area contributed by atoms with Crippen LogP contribution in [0.4, 0.5) is 10.1 Å². The number of hydrogen-bond acceptors (Lipinski definition) is 5. The quantitative estimate of drug-likeness (QED) is 0.479. The first-order valence-corrected chi connectivity index (χ1v) is 11.1. The van der Waals surface area contributed by atoms with Crippen molar-refractivity contribution in [3.05, 3.63) is 82.0 Å². The number of hydrogen-bond donors (Lipinski definition) is 1. The molecule has 0 saturated carbocycles. The van der Waals surface area contributed by atoms with Crippen molar-refractivity contribution < 1.29 is 9.18 Å². The Kier molecular flexibility index (Phi) is 6.01. The minimum absolute atomic E-state index is 0.0293. The van der Waals surface area contributed by atoms with Crippen LogP contribution in [0.1, 0.15) is 11.3 Å². The van der Waals surface area contributed by atoms with Crippen LogP contribution in [0.25, 0.3) is 0 Å². The molecule has 8 heteroatoms. The molecule has 1 amide bonds. The highest BCUT2D eigenvalue weighted by Gasteiger charge is 2.22. The third-order valence-corrected chi connectivity index (χ3v) is 6.50. The van der Waals surface area contributed by atoms with E-state index in [-0.39, 0.29) is 22.9 Å². The molecule has 0 unspecified atom stereocenters. The van der Waals surface area contributed by atoms with Crippen molar-refractivity contribution >= 4 is 35.1 Å². The minimum atomic E-state index is -0.487. The average molecular weight is 428 g/mol. The highest BCUT2D eigenvalue weighted by Crippen LogP contribution is 2.29. The molecule has 0 saturated heterocycles. The monoisotopic (exact) mass is 427 g/mol. The number of para-hydroxylation sites is 1. The van der Waals surface area contributed by atoms with E-state index in [1.807, 2.05) is 30.3 Å². The molecular formula is C21H18FN3O2S2. The number of nitrogens with one attached hydrogen (secondary N) is 1. The number of halogens is 1. The van der Waals surface area contributed by atoms with Crippen LogP contribution < -0.4 is 10.9 Å². The van der Waals surface area contributed by atoms with Crippen LogP contribution >= 0.6 is 23.5 Å². The maximum Gasteiger partial charge on any atom is 0.268 e. The largest absolute Gasteiger partial charge is 0.323 e. The van der Waals surface area contributed by atoms with Crippen molar-refractivity contribution in [3.8, 4) is 0 Å². The summed E-state index contributed by atoms with van der Waals surface area (Å²) in [6.07, 6.45) is 0.746. The second kappa shape index (κ2) is 8.84. The Morgan fingerprint density at radius 3 is 2.72 bits per heavy atom. The van der Waals surface area contributed by atoms with Crippen molar-refractivity contribution in [3.63, 3.8) is 0 Å². The molecule has 1 N–H and O–H groups in total. The van der Waals surface area contributed by atoms with E-state index >= 15 is 0 Å². The first-order chi connectivity index (χ1) is 14.1. The molecule has 2 heterocycles. The number of aromatic nitrogens is 2. The maximum atomic E-state index is 13.7. The molecule has 3 aromatic rings. The molecule has 2 aromatic carbocycles. The molecule has 0 spiro atoms. The van der Waals surface area contributed by atoms with E-state index in [4.69, 9.17) is 0 Å². The van der Waals surface area contributed by atoms with E-state index in [9.17, 15) is 14.0 Å². The molecule has 0 bridgehead atoms. The van der Waals surface area contributed by atoms with Gasteiger partial charge in [0.25, 0.3) is 5.56 Å². The summed E-state index contributed by atoms with van der Waals surface area (Å²) >= 11 is 2.72. The van der Waals surface area contributed by atoms with Crippen LogP contribution in [0.3, 0.4) is 0 Å². The lowest BCUT2D eigenvalue weighted by Crippen LogP contribution is -2.26. The van der Waals surface area contributed by atoms with Crippen molar-refractivity contribution in [2.24, 2.45) is 0 Å². The summed E-state index contributed by atoms with van der Waals surface area (Å²) in [4.78, 5) is 30.7. The Hall–Kier alpha value is -2.58. The van der Waals surface area contributed by atoms with Crippen LogP contribution in [0.2, 0.25) is 0 Å². The lowest BCUT2D eigenvalue weighted by molar-refractivity contribution is -0.113. The lowest BCUT2D eigenvalue weighted by atomic mass is 10.2. The van der Waals surface area contributed by atoms with E-state index in [2.05, 4.69) is 10.3 Å². The standard InChI is InChI=1S/C21H18FN3O2S2/c22-15-8-4-5-9-16(15)23-18(26)13-29-21-24-17-10-11-28-19(17)20(27)25(21)12-14-6-2-1-3-7-14/h1-9H,10-13H2,(H,23,26). The SMILES string of the molecule is O=C(CSc1nc2c(c(=O)n1Cc1ccccc1)SCC2)Nc1ccccc1F. The van der Waals surface area contributed by atoms with Gasteiger partial charge in [-0.1, -0.05) is 54.2 Å². The molecule has 0 radical (unpaired) electrons. The van der Waals surface area contributed by atoms with Crippen molar-refractivity contribution in [1.82, 2.24) is 9.55 Å². The van der Waals surface area contributed by atoms with E-state index in [0.29, 0.717) is 16.6 Å². The fourth-order valence-corrected chi connectivity index (χ4v) is 4.88. The second-order valence-electron chi connectivity index (χ2n) is 6.46. The van der Waals surface area contributed by atoms with E-state index < -0.39 is 5.82 Å². The van der Waals surface area contributed by atoms with Gasteiger partial charge in [-0.25, -0.2) is 9.37 Å². The van der Waals surface area contributed by atoms with Gasteiger partial charge in [-0.2, -0.15) is 0 Å². The summed E-state index contributed by atoms with van der Waals surface area (Å²) in [5.41, 5.74) is 1.84. The first-order valence-electron chi connectivity index (χ1n) is 9.09. The van der Waals surface area contributed by atoms with Crippen LogP contribution in [0.15, 0.2) is 69.4 Å². The highest BCUT2D eigenvalue weighted by molar-refractivity contribution is 8.00. The molecule has 148 valence electrons. The summed E-state index contributed by atoms with van der Waals surface area (Å²) in [7, 11) is 0. The summed E-state index contributed by atoms with van der Waals surface area (Å²) in [5, 5.41) is 3.07. The smallest absolute Gasteiger partial charge is 0.268 e. The molecule has 1 aliphatic heterocycles. The van der Waals surface area contributed by atoms with Crippen LogP contribution in [-0.4, -0.2) is 27.0 Å². The van der Waals surface area contributed by atoms with Gasteiger partial charge in [-0.05, 0) is 17.7 Å². The number of anilines is 1. The van der Waals surface area contributed by atoms with Gasteiger partial charge in [0.15, 0.2) is 5.16 Å². The Balaban J connectivity index is 1.56. The average Bonchev–Trinajstić information content (AvgIpc) is 3.20. The third kappa shape index (κ3) is 4.54. The summed E-state index contributed by atoms with van der Waals surface area (Å²) in [6.45, 7) is 0.387. The Morgan fingerprint density at radius 1 is 1.17 bits per heavy atom. The maximum absolute atomic E-state index is 13.7. The predicted octanol–water partition coefficient (Wildman–Crippen LogP) is 3.81. The van der Waals surface area contributed by atoms with Crippen molar-refractivity contribution in [2.75, 3.05) is 16.8 Å². The molecule has 1 aromatic heterocycles. The van der Waals surface area contributed by atoms with E-state index in [0.717, 1.165) is 23.4 Å². The Morgan fingerprint density at radius 2 is 1.93 bits per heavy atom. The molecule has 0 atom stereocenters. The van der Waals surface area contributed by atoms with Crippen molar-refractivity contribution in [2.45, 2.75) is 23.0 Å². The van der Waals surface area contributed by atoms with Gasteiger partial charge < -0.3 is 5.32 Å². The highest BCUT2D eigenvalue weighted by atomic mass is 32.2. The van der Waals surface area contributed by atoms with Crippen LogP contribution in [0.5, 0.6) is 0 Å². The fourth-order valence-electron chi connectivity index (χ4n) is 3.02. The van der Waals surface area contributed by atoms with Gasteiger partial charge in [0, 0.05) is 12.2 Å². The van der Waals surface area contributed by atoms with E-state index in [1.54, 1.807) is 16.7 Å². The molecule has 1 aliphatic rings. The zero-order valence-electron chi connectivity index (χ0n) is 15.4. The lowest BCUT2D eigenvalue weighted by Gasteiger charge is -2.14. The molecule has 4 rings (SSSR count). The topological polar surface area (TPSA) is 64.0 Å². The molecule has 29 heavy (non-hydrogen) atoms. The van der Waals surface area contributed by atoms with Crippen LogP contribution in [0, 0.1) is 5.82 Å². The summed E-state index contributed by atoms with van der Waals surface area (Å²) < 4.78 is 15.4. The van der Waals surface area contributed by atoms with Gasteiger partial charge in [-0.3, -0.25) is 14.2 Å². The molecule has 0 aliphatic carbocycles. The van der Waals surface area contributed by atoms with Crippen molar-refractivity contribution in [1.29, 1.82) is 0 Å². The number of thioether (sulfide) groups is 2. The van der Waals surface area contributed by atoms with Crippen LogP contribution in [-0.2, 0) is 17.8 Å². The zero-order chi connectivity index (χ0) is 20.2. The number of nitrogens with zero attached hydrogens (tertiary/aromatic N) is 2. The number of carbonyl (C=O) groups excluding carboxylic acids is 1. The first kappa shape index (κ1) is 19.7. The normalized spacial score (nSPS) is 12.6. The second-order valence-corrected chi connectivity index (χ2v) is 8.51. The molecular weight excluding hydrogens is 409 g/mol. The van der Waals surface area contributed by atoms with Gasteiger partial charge >= 0.3 is 0 Å². The predicted molar refractivity (Wildman–Crippen MR) is 114 cm³/mol. The summed E-state index contributed by atoms with van der Waals surface area (Å²) in [5.74, 6) is 0.0294. The fraction of sp³-hybridized carbons (Fsp3) is 0.190. The van der Waals surface area contributed by atoms with Gasteiger partial charge in [0.1, 0.15) is 5.82 Å². The Bertz CT molecular complexity index is 1100. The van der Waals surface area contributed by atoms with E-state index in [1.165, 1.54) is 35.7 Å². The molecule has 5 nitrogen and oxygen atoms in total. The van der Waals surface area contributed by atoms with Gasteiger partial charge in [0.05, 0.1) is 28.6 Å². The summed E-state index contributed by atoms with van der Waals surface area (Å²) in [6, 6.07) is 15.7. The number of amides is 1.